The maximum Gasteiger partial charge on any atom is 0.344 e. The van der Waals surface area contributed by atoms with Crippen LogP contribution in [0.25, 0.3) is 0 Å². The molecule has 1 aliphatic heterocycles. The van der Waals surface area contributed by atoms with Gasteiger partial charge < -0.3 is 28.4 Å². The molecule has 0 saturated carbocycles. The van der Waals surface area contributed by atoms with Crippen LogP contribution in [0.3, 0.4) is 0 Å². The minimum Gasteiger partial charge on any atom is -0.493 e. The third-order valence-corrected chi connectivity index (χ3v) is 5.28. The van der Waals surface area contributed by atoms with E-state index in [9.17, 15) is 9.59 Å². The molecule has 0 spiro atoms. The largest absolute Gasteiger partial charge is 0.493 e. The van der Waals surface area contributed by atoms with Crippen molar-refractivity contribution in [2.45, 2.75) is 32.4 Å². The molecule has 2 aromatic carbocycles. The lowest BCUT2D eigenvalue weighted by Crippen LogP contribution is -2.48. The number of rotatable bonds is 9. The summed E-state index contributed by atoms with van der Waals surface area (Å²) in [7, 11) is 6.03. The minimum atomic E-state index is -0.628. The SMILES string of the molecule is C=C1C(=O)N(c2cc(OC)c(OC)c(OC)c2)C1c1ccc(OC)c(OCC(=O)OC(C)(C)C)c1. The number of benzene rings is 2. The molecule has 9 heteroatoms. The fourth-order valence-corrected chi connectivity index (χ4v) is 3.79. The van der Waals surface area contributed by atoms with E-state index in [0.29, 0.717) is 40.0 Å². The third kappa shape index (κ3) is 5.29. The van der Waals surface area contributed by atoms with Crippen LogP contribution in [0.4, 0.5) is 5.69 Å². The second kappa shape index (κ2) is 10.2. The summed E-state index contributed by atoms with van der Waals surface area (Å²) in [5, 5.41) is 0. The van der Waals surface area contributed by atoms with Crippen molar-refractivity contribution in [2.75, 3.05) is 39.9 Å². The molecular formula is C26H31NO8. The maximum atomic E-state index is 12.9. The zero-order valence-corrected chi connectivity index (χ0v) is 21.1. The first-order valence-electron chi connectivity index (χ1n) is 10.9. The Kier molecular flexibility index (Phi) is 7.48. The van der Waals surface area contributed by atoms with Gasteiger partial charge in [-0.15, -0.1) is 0 Å². The lowest BCUT2D eigenvalue weighted by molar-refractivity contribution is -0.157. The average Bonchev–Trinajstić information content (AvgIpc) is 2.83. The topological polar surface area (TPSA) is 92.8 Å². The monoisotopic (exact) mass is 485 g/mol. The molecule has 1 aliphatic rings. The van der Waals surface area contributed by atoms with Crippen LogP contribution in [0.15, 0.2) is 42.5 Å². The van der Waals surface area contributed by atoms with E-state index >= 15 is 0 Å². The van der Waals surface area contributed by atoms with Crippen molar-refractivity contribution < 1.29 is 38.0 Å². The number of methoxy groups -OCH3 is 4. The van der Waals surface area contributed by atoms with Gasteiger partial charge in [0.25, 0.3) is 5.91 Å². The Labute approximate surface area is 205 Å². The van der Waals surface area contributed by atoms with E-state index in [1.54, 1.807) is 49.9 Å². The summed E-state index contributed by atoms with van der Waals surface area (Å²) < 4.78 is 32.7. The van der Waals surface area contributed by atoms with E-state index in [1.165, 1.54) is 28.4 Å². The molecule has 1 atom stereocenters. The number of esters is 1. The second-order valence-corrected chi connectivity index (χ2v) is 8.77. The molecule has 1 saturated heterocycles. The third-order valence-electron chi connectivity index (χ3n) is 5.28. The van der Waals surface area contributed by atoms with E-state index in [0.717, 1.165) is 5.56 Å². The summed E-state index contributed by atoms with van der Waals surface area (Å²) in [6, 6.07) is 8.16. The van der Waals surface area contributed by atoms with Gasteiger partial charge in [-0.3, -0.25) is 9.69 Å². The van der Waals surface area contributed by atoms with Gasteiger partial charge in [0.2, 0.25) is 5.75 Å². The normalized spacial score (nSPS) is 15.3. The van der Waals surface area contributed by atoms with Crippen LogP contribution in [0.5, 0.6) is 28.7 Å². The molecule has 3 rings (SSSR count). The fraction of sp³-hybridized carbons (Fsp3) is 0.385. The number of β-lactam (4-membered cyclic amide) rings is 1. The van der Waals surface area contributed by atoms with E-state index in [4.69, 9.17) is 28.4 Å². The van der Waals surface area contributed by atoms with Crippen molar-refractivity contribution in [3.63, 3.8) is 0 Å². The summed E-state index contributed by atoms with van der Waals surface area (Å²) in [6.07, 6.45) is 0. The molecule has 1 fully saturated rings. The zero-order valence-electron chi connectivity index (χ0n) is 21.1. The van der Waals surface area contributed by atoms with Crippen LogP contribution in [-0.4, -0.2) is 52.5 Å². The predicted molar refractivity (Wildman–Crippen MR) is 130 cm³/mol. The van der Waals surface area contributed by atoms with Crippen molar-refractivity contribution in [3.8, 4) is 28.7 Å². The number of anilines is 1. The maximum absolute atomic E-state index is 12.9. The molecule has 9 nitrogen and oxygen atoms in total. The Hall–Kier alpha value is -3.88. The van der Waals surface area contributed by atoms with E-state index in [2.05, 4.69) is 6.58 Å². The van der Waals surface area contributed by atoms with Crippen LogP contribution in [0, 0.1) is 0 Å². The van der Waals surface area contributed by atoms with Crippen LogP contribution in [0.1, 0.15) is 32.4 Å². The van der Waals surface area contributed by atoms with E-state index in [1.807, 2.05) is 6.07 Å². The van der Waals surface area contributed by atoms with Crippen LogP contribution >= 0.6 is 0 Å². The van der Waals surface area contributed by atoms with Crippen molar-refractivity contribution in [2.24, 2.45) is 0 Å². The zero-order chi connectivity index (χ0) is 25.9. The van der Waals surface area contributed by atoms with Crippen molar-refractivity contribution in [3.05, 3.63) is 48.0 Å². The van der Waals surface area contributed by atoms with Crippen LogP contribution < -0.4 is 28.6 Å². The summed E-state index contributed by atoms with van der Waals surface area (Å²) >= 11 is 0. The molecule has 0 aliphatic carbocycles. The molecule has 1 amide bonds. The second-order valence-electron chi connectivity index (χ2n) is 8.77. The molecule has 188 valence electrons. The Morgan fingerprint density at radius 2 is 1.51 bits per heavy atom. The number of nitrogens with zero attached hydrogens (tertiary/aromatic N) is 1. The molecule has 0 N–H and O–H groups in total. The lowest BCUT2D eigenvalue weighted by Gasteiger charge is -2.42. The first-order valence-corrected chi connectivity index (χ1v) is 10.9. The fourth-order valence-electron chi connectivity index (χ4n) is 3.79. The van der Waals surface area contributed by atoms with Gasteiger partial charge in [-0.1, -0.05) is 12.6 Å². The number of ether oxygens (including phenoxy) is 6. The van der Waals surface area contributed by atoms with Gasteiger partial charge in [0.1, 0.15) is 5.60 Å². The van der Waals surface area contributed by atoms with E-state index in [-0.39, 0.29) is 12.5 Å². The summed E-state index contributed by atoms with van der Waals surface area (Å²) in [5.74, 6) is 1.29. The van der Waals surface area contributed by atoms with Gasteiger partial charge in [-0.05, 0) is 38.5 Å². The van der Waals surface area contributed by atoms with Gasteiger partial charge in [0.05, 0.1) is 40.2 Å². The first-order chi connectivity index (χ1) is 16.5. The lowest BCUT2D eigenvalue weighted by atomic mass is 9.88. The standard InChI is InChI=1S/C26H31NO8/c1-15-23(27(25(15)29)17-12-20(31-6)24(33-8)21(13-17)32-7)16-9-10-18(30-5)19(11-16)34-14-22(28)35-26(2,3)4/h9-13,23H,1,14H2,2-8H3. The highest BCUT2D eigenvalue weighted by atomic mass is 16.6. The molecule has 0 radical (unpaired) electrons. The molecular weight excluding hydrogens is 454 g/mol. The van der Waals surface area contributed by atoms with Gasteiger partial charge >= 0.3 is 5.97 Å². The van der Waals surface area contributed by atoms with Crippen molar-refractivity contribution >= 4 is 17.6 Å². The molecule has 35 heavy (non-hydrogen) atoms. The highest BCUT2D eigenvalue weighted by Crippen LogP contribution is 2.48. The van der Waals surface area contributed by atoms with Crippen LogP contribution in [0.2, 0.25) is 0 Å². The minimum absolute atomic E-state index is 0.240. The summed E-state index contributed by atoms with van der Waals surface area (Å²) in [6.45, 7) is 9.01. The highest BCUT2D eigenvalue weighted by molar-refractivity contribution is 6.15. The number of hydrogen-bond donors (Lipinski definition) is 0. The van der Waals surface area contributed by atoms with Gasteiger partial charge in [-0.2, -0.15) is 0 Å². The van der Waals surface area contributed by atoms with E-state index < -0.39 is 17.6 Å². The molecule has 2 aromatic rings. The molecule has 0 aromatic heterocycles. The predicted octanol–water partition coefficient (Wildman–Crippen LogP) is 4.09. The number of carbonyl (C=O) groups is 2. The first kappa shape index (κ1) is 25.7. The summed E-state index contributed by atoms with van der Waals surface area (Å²) in [4.78, 5) is 26.6. The van der Waals surface area contributed by atoms with Gasteiger partial charge in [0, 0.05) is 17.7 Å². The Morgan fingerprint density at radius 1 is 0.914 bits per heavy atom. The Balaban J connectivity index is 1.94. The van der Waals surface area contributed by atoms with Gasteiger partial charge in [-0.25, -0.2) is 4.79 Å². The van der Waals surface area contributed by atoms with Crippen molar-refractivity contribution in [1.29, 1.82) is 0 Å². The summed E-state index contributed by atoms with van der Waals surface area (Å²) in [5.41, 5.74) is 1.05. The molecule has 0 bridgehead atoms. The van der Waals surface area contributed by atoms with Crippen molar-refractivity contribution in [1.82, 2.24) is 0 Å². The molecule has 1 unspecified atom stereocenters. The Morgan fingerprint density at radius 3 is 2.03 bits per heavy atom. The quantitative estimate of drug-likeness (QED) is 0.298. The average molecular weight is 486 g/mol. The number of hydrogen-bond acceptors (Lipinski definition) is 8. The smallest absolute Gasteiger partial charge is 0.344 e. The number of carbonyl (C=O) groups excluding carboxylic acids is 2. The highest BCUT2D eigenvalue weighted by Gasteiger charge is 2.43. The number of amides is 1. The Bertz CT molecular complexity index is 1110. The molecule has 1 heterocycles. The van der Waals surface area contributed by atoms with Crippen LogP contribution in [-0.2, 0) is 14.3 Å². The van der Waals surface area contributed by atoms with Gasteiger partial charge in [0.15, 0.2) is 29.6 Å².